The van der Waals surface area contributed by atoms with Crippen LogP contribution < -0.4 is 22.8 Å². The van der Waals surface area contributed by atoms with Gasteiger partial charge in [0.05, 0.1) is 30.4 Å². The summed E-state index contributed by atoms with van der Waals surface area (Å²) in [6.07, 6.45) is 20.4. The van der Waals surface area contributed by atoms with E-state index in [1.54, 1.807) is 74.2 Å². The van der Waals surface area contributed by atoms with Gasteiger partial charge < -0.3 is 14.2 Å². The number of methoxy groups -OCH3 is 1. The van der Waals surface area contributed by atoms with Gasteiger partial charge in [0.15, 0.2) is 73.5 Å². The lowest BCUT2D eigenvalue weighted by Crippen LogP contribution is -2.26. The van der Waals surface area contributed by atoms with Crippen molar-refractivity contribution in [1.82, 2.24) is 0 Å². The van der Waals surface area contributed by atoms with Crippen LogP contribution >= 0.6 is 0 Å². The van der Waals surface area contributed by atoms with E-state index in [2.05, 4.69) is 11.3 Å². The van der Waals surface area contributed by atoms with Crippen LogP contribution in [0.4, 0.5) is 0 Å². The number of ketones is 2. The molecule has 0 amide bonds. The van der Waals surface area contributed by atoms with E-state index in [1.165, 1.54) is 7.11 Å². The average Bonchev–Trinajstić information content (AvgIpc) is 3.30. The number of aryl methyl sites for hydroxylation is 5. The van der Waals surface area contributed by atoms with Crippen LogP contribution in [0.15, 0.2) is 166 Å². The lowest BCUT2D eigenvalue weighted by molar-refractivity contribution is -0.671. The van der Waals surface area contributed by atoms with Crippen LogP contribution in [0, 0.1) is 0 Å². The first-order valence-corrected chi connectivity index (χ1v) is 19.7. The number of esters is 3. The molecule has 5 heterocycles. The van der Waals surface area contributed by atoms with Gasteiger partial charge in [-0.2, -0.15) is 0 Å². The number of nitrogens with zero attached hydrogens (tertiary/aromatic N) is 5. The van der Waals surface area contributed by atoms with Crippen LogP contribution in [0.1, 0.15) is 77.6 Å². The first-order valence-electron chi connectivity index (χ1n) is 19.7. The topological polar surface area (TPSA) is 132 Å². The standard InChI is InChI=1S/C13H12NO.C10H12NO2.C9H12NO2.C9H12NO.C8H10NO2/c1-14-9-7-12(8-10-14)13(15)11-5-3-2-4-6-11;1-3-8-13-10(12)9-4-6-11(2)7-5-9;1-3-12-9(11)8-4-6-10(2)7-5-8;1-3-9(11)8-4-6-10(2)7-5-8;1-9-5-3-7(4-6-9)8(10)11-2/h2-10H,1H3;3-7H,1,8H2,2H3;4-7H,3H2,1-2H3;4-7H,3H2,1-2H3;3-6H,1-2H3/q5*+1. The van der Waals surface area contributed by atoms with Crippen molar-refractivity contribution in [2.24, 2.45) is 35.2 Å². The molecule has 13 nitrogen and oxygen atoms in total. The Bertz CT molecular complexity index is 2240. The molecule has 62 heavy (non-hydrogen) atoms. The summed E-state index contributed by atoms with van der Waals surface area (Å²) in [6.45, 7) is 7.79. The maximum atomic E-state index is 11.9. The highest BCUT2D eigenvalue weighted by Gasteiger charge is 2.10. The summed E-state index contributed by atoms with van der Waals surface area (Å²) in [5.74, 6) is -0.619. The number of carbonyl (C=O) groups excluding carboxylic acids is 5. The minimum absolute atomic E-state index is 0.0659. The molecule has 0 atom stereocenters. The highest BCUT2D eigenvalue weighted by molar-refractivity contribution is 6.08. The molecule has 5 aromatic heterocycles. The maximum Gasteiger partial charge on any atom is 0.338 e. The highest BCUT2D eigenvalue weighted by atomic mass is 16.5. The van der Waals surface area contributed by atoms with Gasteiger partial charge in [0, 0.05) is 83.8 Å². The summed E-state index contributed by atoms with van der Waals surface area (Å²) in [5.41, 5.74) is 3.97. The van der Waals surface area contributed by atoms with Crippen LogP contribution in [-0.4, -0.2) is 49.8 Å². The molecule has 6 rings (SSSR count). The number of benzene rings is 1. The number of ether oxygens (including phenoxy) is 3. The Morgan fingerprint density at radius 2 is 0.790 bits per heavy atom. The molecular weight excluding hydrogens is 787 g/mol. The smallest absolute Gasteiger partial charge is 0.338 e. The number of hydrogen-bond donors (Lipinski definition) is 0. The van der Waals surface area contributed by atoms with Crippen LogP contribution in [-0.2, 0) is 49.4 Å². The van der Waals surface area contributed by atoms with Crippen LogP contribution in [0.25, 0.3) is 0 Å². The van der Waals surface area contributed by atoms with Crippen LogP contribution in [0.2, 0.25) is 0 Å². The first kappa shape index (κ1) is 50.6. The molecule has 13 heteroatoms. The molecule has 6 aromatic rings. The van der Waals surface area contributed by atoms with E-state index in [-0.39, 0.29) is 36.1 Å². The molecule has 0 radical (unpaired) electrons. The zero-order valence-electron chi connectivity index (χ0n) is 36.8. The number of rotatable bonds is 10. The fourth-order valence-corrected chi connectivity index (χ4v) is 4.76. The second kappa shape index (κ2) is 28.0. The van der Waals surface area contributed by atoms with Gasteiger partial charge in [-0.05, 0) is 6.92 Å². The monoisotopic (exact) mass is 844 g/mol. The summed E-state index contributed by atoms with van der Waals surface area (Å²) in [5, 5.41) is 0. The van der Waals surface area contributed by atoms with E-state index >= 15 is 0 Å². The van der Waals surface area contributed by atoms with Gasteiger partial charge >= 0.3 is 17.9 Å². The molecular formula is C49H58N5O8+5. The quantitative estimate of drug-likeness (QED) is 0.0639. The molecule has 0 spiro atoms. The lowest BCUT2D eigenvalue weighted by atomic mass is 10.1. The second-order valence-corrected chi connectivity index (χ2v) is 13.3. The van der Waals surface area contributed by atoms with Crippen molar-refractivity contribution in [3.8, 4) is 0 Å². The fraction of sp³-hybridized carbons (Fsp3) is 0.224. The number of carbonyl (C=O) groups is 5. The van der Waals surface area contributed by atoms with Gasteiger partial charge in [-0.25, -0.2) is 37.2 Å². The third kappa shape index (κ3) is 19.0. The Morgan fingerprint density at radius 3 is 1.13 bits per heavy atom. The molecule has 0 saturated heterocycles. The molecule has 0 saturated carbocycles. The minimum Gasteiger partial charge on any atom is -0.465 e. The van der Waals surface area contributed by atoms with E-state index < -0.39 is 0 Å². The number of Topliss-reactive ketones (excluding diaryl/α,β-unsaturated/α-hetero) is 1. The molecule has 322 valence electrons. The van der Waals surface area contributed by atoms with Gasteiger partial charge in [-0.1, -0.05) is 49.9 Å². The average molecular weight is 845 g/mol. The molecule has 1 aromatic carbocycles. The summed E-state index contributed by atoms with van der Waals surface area (Å²) < 4.78 is 23.6. The minimum atomic E-state index is -0.319. The molecule has 0 aliphatic rings. The predicted octanol–water partition coefficient (Wildman–Crippen LogP) is 4.69. The Hall–Kier alpha value is -7.54. The molecule has 0 fully saturated rings. The van der Waals surface area contributed by atoms with Gasteiger partial charge in [0.1, 0.15) is 41.8 Å². The van der Waals surface area contributed by atoms with Crippen molar-refractivity contribution >= 4 is 29.5 Å². The van der Waals surface area contributed by atoms with E-state index in [0.29, 0.717) is 29.7 Å². The van der Waals surface area contributed by atoms with Gasteiger partial charge in [0.25, 0.3) is 0 Å². The van der Waals surface area contributed by atoms with Crippen molar-refractivity contribution < 1.29 is 61.0 Å². The molecule has 0 aliphatic carbocycles. The highest BCUT2D eigenvalue weighted by Crippen LogP contribution is 2.07. The largest absolute Gasteiger partial charge is 0.465 e. The van der Waals surface area contributed by atoms with Crippen LogP contribution in [0.3, 0.4) is 0 Å². The summed E-state index contributed by atoms with van der Waals surface area (Å²) >= 11 is 0. The van der Waals surface area contributed by atoms with Crippen molar-refractivity contribution in [2.45, 2.75) is 20.3 Å². The zero-order valence-corrected chi connectivity index (χ0v) is 36.8. The normalized spacial score (nSPS) is 9.55. The number of hydrogen-bond acceptors (Lipinski definition) is 8. The fourth-order valence-electron chi connectivity index (χ4n) is 4.76. The second-order valence-electron chi connectivity index (χ2n) is 13.3. The summed E-state index contributed by atoms with van der Waals surface area (Å²) in [6, 6.07) is 27.0. The molecule has 0 aliphatic heterocycles. The van der Waals surface area contributed by atoms with Crippen molar-refractivity contribution in [3.63, 3.8) is 0 Å². The zero-order chi connectivity index (χ0) is 45.9. The Morgan fingerprint density at radius 1 is 0.468 bits per heavy atom. The summed E-state index contributed by atoms with van der Waals surface area (Å²) in [4.78, 5) is 56.3. The Balaban J connectivity index is 0.000000268. The molecule has 0 N–H and O–H groups in total. The number of aromatic nitrogens is 5. The Labute approximate surface area is 364 Å². The third-order valence-electron chi connectivity index (χ3n) is 8.33. The van der Waals surface area contributed by atoms with E-state index in [9.17, 15) is 24.0 Å². The van der Waals surface area contributed by atoms with Crippen molar-refractivity contribution in [3.05, 3.63) is 199 Å². The van der Waals surface area contributed by atoms with Gasteiger partial charge in [0.2, 0.25) is 0 Å². The van der Waals surface area contributed by atoms with Gasteiger partial charge in [-0.15, -0.1) is 0 Å². The summed E-state index contributed by atoms with van der Waals surface area (Å²) in [7, 11) is 10.9. The van der Waals surface area contributed by atoms with Crippen molar-refractivity contribution in [2.75, 3.05) is 20.3 Å². The van der Waals surface area contributed by atoms with Crippen LogP contribution in [0.5, 0.6) is 0 Å². The lowest BCUT2D eigenvalue weighted by Gasteiger charge is -1.99. The molecule has 0 bridgehead atoms. The van der Waals surface area contributed by atoms with E-state index in [0.717, 1.165) is 16.7 Å². The Kier molecular flexibility index (Phi) is 22.9. The number of pyridine rings is 5. The van der Waals surface area contributed by atoms with E-state index in [4.69, 9.17) is 9.47 Å². The van der Waals surface area contributed by atoms with Gasteiger partial charge in [-0.3, -0.25) is 9.59 Å². The predicted molar refractivity (Wildman–Crippen MR) is 230 cm³/mol. The first-order chi connectivity index (χ1) is 29.7. The van der Waals surface area contributed by atoms with E-state index in [1.807, 2.05) is 157 Å². The van der Waals surface area contributed by atoms with Crippen molar-refractivity contribution in [1.29, 1.82) is 0 Å². The molecule has 0 unspecified atom stereocenters. The third-order valence-corrected chi connectivity index (χ3v) is 8.33. The SMILES string of the molecule is C=CCOC(=O)c1cc[n+](C)cc1.CCC(=O)c1cc[n+](C)cc1.CCOC(=O)c1cc[n+](C)cc1.COC(=O)c1cc[n+](C)cc1.C[n+]1ccc(C(=O)c2ccccc2)cc1. The maximum absolute atomic E-state index is 11.9.